The first kappa shape index (κ1) is 14.9. The Hall–Kier alpha value is -3.06. The highest BCUT2D eigenvalue weighted by Gasteiger charge is 2.06. The standard InChI is InChI=1S/C19H17N3O/c1-13(2)23-16-8-6-15(7-9-16)22-19-18-5-3-4-14(12-20)17(18)10-11-21-19/h3-11,13H,1-2H3,(H,21,22). The van der Waals surface area contributed by atoms with Gasteiger partial charge in [0.2, 0.25) is 0 Å². The van der Waals surface area contributed by atoms with Gasteiger partial charge in [-0.15, -0.1) is 0 Å². The van der Waals surface area contributed by atoms with Gasteiger partial charge in [0.25, 0.3) is 0 Å². The van der Waals surface area contributed by atoms with Crippen molar-refractivity contribution in [2.45, 2.75) is 20.0 Å². The average Bonchev–Trinajstić information content (AvgIpc) is 2.56. The second-order valence-corrected chi connectivity index (χ2v) is 5.49. The SMILES string of the molecule is CC(C)Oc1ccc(Nc2nccc3c(C#N)cccc23)cc1. The number of nitrogens with one attached hydrogen (secondary N) is 1. The molecule has 1 aromatic heterocycles. The Bertz CT molecular complexity index is 864. The van der Waals surface area contributed by atoms with Crippen LogP contribution < -0.4 is 10.1 Å². The van der Waals surface area contributed by atoms with Gasteiger partial charge in [0.15, 0.2) is 0 Å². The highest BCUT2D eigenvalue weighted by atomic mass is 16.5. The largest absolute Gasteiger partial charge is 0.491 e. The van der Waals surface area contributed by atoms with Crippen LogP contribution in [0.15, 0.2) is 54.7 Å². The Morgan fingerprint density at radius 2 is 1.83 bits per heavy atom. The molecule has 4 heteroatoms. The molecular weight excluding hydrogens is 286 g/mol. The van der Waals surface area contributed by atoms with Gasteiger partial charge in [-0.3, -0.25) is 0 Å². The first-order valence-electron chi connectivity index (χ1n) is 7.49. The van der Waals surface area contributed by atoms with Gasteiger partial charge in [0, 0.05) is 22.7 Å². The molecule has 2 aromatic carbocycles. The number of hydrogen-bond donors (Lipinski definition) is 1. The van der Waals surface area contributed by atoms with E-state index in [-0.39, 0.29) is 6.10 Å². The fourth-order valence-corrected chi connectivity index (χ4v) is 2.43. The van der Waals surface area contributed by atoms with Crippen molar-refractivity contribution in [2.75, 3.05) is 5.32 Å². The second kappa shape index (κ2) is 6.37. The minimum Gasteiger partial charge on any atom is -0.491 e. The molecule has 0 aliphatic heterocycles. The molecule has 0 unspecified atom stereocenters. The predicted molar refractivity (Wildman–Crippen MR) is 91.9 cm³/mol. The van der Waals surface area contributed by atoms with Gasteiger partial charge in [-0.05, 0) is 50.2 Å². The van der Waals surface area contributed by atoms with Crippen LogP contribution in [0.25, 0.3) is 10.8 Å². The van der Waals surface area contributed by atoms with Gasteiger partial charge >= 0.3 is 0 Å². The summed E-state index contributed by atoms with van der Waals surface area (Å²) in [7, 11) is 0. The summed E-state index contributed by atoms with van der Waals surface area (Å²) in [6, 6.07) is 17.5. The number of hydrogen-bond acceptors (Lipinski definition) is 4. The minimum absolute atomic E-state index is 0.151. The summed E-state index contributed by atoms with van der Waals surface area (Å²) in [4.78, 5) is 4.40. The van der Waals surface area contributed by atoms with E-state index in [0.717, 1.165) is 28.0 Å². The van der Waals surface area contributed by atoms with Crippen molar-refractivity contribution in [1.29, 1.82) is 5.26 Å². The van der Waals surface area contributed by atoms with Crippen LogP contribution in [-0.4, -0.2) is 11.1 Å². The third kappa shape index (κ3) is 3.24. The Kier molecular flexibility index (Phi) is 4.11. The van der Waals surface area contributed by atoms with E-state index < -0.39 is 0 Å². The molecule has 3 aromatic rings. The van der Waals surface area contributed by atoms with Crippen LogP contribution in [0.1, 0.15) is 19.4 Å². The number of fused-ring (bicyclic) bond motifs is 1. The van der Waals surface area contributed by atoms with E-state index in [0.29, 0.717) is 5.56 Å². The molecular formula is C19H17N3O. The molecule has 0 atom stereocenters. The Labute approximate surface area is 135 Å². The molecule has 114 valence electrons. The molecule has 0 radical (unpaired) electrons. The molecule has 3 rings (SSSR count). The van der Waals surface area contributed by atoms with Crippen molar-refractivity contribution in [1.82, 2.24) is 4.98 Å². The predicted octanol–water partition coefficient (Wildman–Crippen LogP) is 4.64. The quantitative estimate of drug-likeness (QED) is 0.763. The highest BCUT2D eigenvalue weighted by Crippen LogP contribution is 2.27. The zero-order valence-corrected chi connectivity index (χ0v) is 13.1. The van der Waals surface area contributed by atoms with Crippen molar-refractivity contribution < 1.29 is 4.74 Å². The van der Waals surface area contributed by atoms with Crippen molar-refractivity contribution in [2.24, 2.45) is 0 Å². The van der Waals surface area contributed by atoms with E-state index in [1.54, 1.807) is 6.20 Å². The summed E-state index contributed by atoms with van der Waals surface area (Å²) in [5, 5.41) is 14.3. The zero-order valence-electron chi connectivity index (χ0n) is 13.1. The lowest BCUT2D eigenvalue weighted by atomic mass is 10.1. The van der Waals surface area contributed by atoms with Crippen LogP contribution in [0, 0.1) is 11.3 Å². The van der Waals surface area contributed by atoms with Crippen LogP contribution >= 0.6 is 0 Å². The van der Waals surface area contributed by atoms with E-state index >= 15 is 0 Å². The summed E-state index contributed by atoms with van der Waals surface area (Å²) in [5.74, 6) is 1.57. The number of benzene rings is 2. The fraction of sp³-hybridized carbons (Fsp3) is 0.158. The Morgan fingerprint density at radius 3 is 2.52 bits per heavy atom. The molecule has 0 saturated heterocycles. The maximum absolute atomic E-state index is 9.21. The first-order valence-corrected chi connectivity index (χ1v) is 7.49. The maximum Gasteiger partial charge on any atom is 0.138 e. The van der Waals surface area contributed by atoms with Gasteiger partial charge < -0.3 is 10.1 Å². The molecule has 0 spiro atoms. The highest BCUT2D eigenvalue weighted by molar-refractivity contribution is 5.96. The fourth-order valence-electron chi connectivity index (χ4n) is 2.43. The van der Waals surface area contributed by atoms with E-state index in [2.05, 4.69) is 16.4 Å². The van der Waals surface area contributed by atoms with Crippen molar-refractivity contribution in [3.8, 4) is 11.8 Å². The molecule has 0 aliphatic carbocycles. The lowest BCUT2D eigenvalue weighted by Crippen LogP contribution is -2.05. The number of anilines is 2. The van der Waals surface area contributed by atoms with E-state index in [4.69, 9.17) is 4.74 Å². The molecule has 0 bridgehead atoms. The third-order valence-electron chi connectivity index (χ3n) is 3.42. The summed E-state index contributed by atoms with van der Waals surface area (Å²) >= 11 is 0. The zero-order chi connectivity index (χ0) is 16.2. The molecule has 1 N–H and O–H groups in total. The topological polar surface area (TPSA) is 57.9 Å². The smallest absolute Gasteiger partial charge is 0.138 e. The number of ether oxygens (including phenoxy) is 1. The average molecular weight is 303 g/mol. The van der Waals surface area contributed by atoms with E-state index in [1.165, 1.54) is 0 Å². The molecule has 0 aliphatic rings. The summed E-state index contributed by atoms with van der Waals surface area (Å²) < 4.78 is 5.64. The molecule has 4 nitrogen and oxygen atoms in total. The number of nitrogens with zero attached hydrogens (tertiary/aromatic N) is 2. The van der Waals surface area contributed by atoms with Crippen molar-refractivity contribution >= 4 is 22.3 Å². The minimum atomic E-state index is 0.151. The molecule has 0 fully saturated rings. The Morgan fingerprint density at radius 1 is 1.04 bits per heavy atom. The van der Waals surface area contributed by atoms with Crippen LogP contribution in [0.5, 0.6) is 5.75 Å². The monoisotopic (exact) mass is 303 g/mol. The number of nitriles is 1. The van der Waals surface area contributed by atoms with E-state index in [1.807, 2.05) is 62.4 Å². The van der Waals surface area contributed by atoms with Gasteiger partial charge in [0.1, 0.15) is 11.6 Å². The van der Waals surface area contributed by atoms with Crippen molar-refractivity contribution in [3.63, 3.8) is 0 Å². The van der Waals surface area contributed by atoms with Crippen molar-refractivity contribution in [3.05, 3.63) is 60.3 Å². The lowest BCUT2D eigenvalue weighted by molar-refractivity contribution is 0.242. The lowest BCUT2D eigenvalue weighted by Gasteiger charge is -2.12. The molecule has 0 amide bonds. The number of rotatable bonds is 4. The van der Waals surface area contributed by atoms with Gasteiger partial charge in [-0.1, -0.05) is 12.1 Å². The molecule has 23 heavy (non-hydrogen) atoms. The van der Waals surface area contributed by atoms with Gasteiger partial charge in [0.05, 0.1) is 17.7 Å². The molecule has 1 heterocycles. The van der Waals surface area contributed by atoms with Crippen LogP contribution in [0.2, 0.25) is 0 Å². The summed E-state index contributed by atoms with van der Waals surface area (Å²) in [5.41, 5.74) is 1.57. The third-order valence-corrected chi connectivity index (χ3v) is 3.42. The first-order chi connectivity index (χ1) is 11.2. The van der Waals surface area contributed by atoms with Gasteiger partial charge in [-0.2, -0.15) is 5.26 Å². The maximum atomic E-state index is 9.21. The van der Waals surface area contributed by atoms with Crippen LogP contribution in [-0.2, 0) is 0 Å². The second-order valence-electron chi connectivity index (χ2n) is 5.49. The van der Waals surface area contributed by atoms with Crippen LogP contribution in [0.4, 0.5) is 11.5 Å². The normalized spacial score (nSPS) is 10.5. The van der Waals surface area contributed by atoms with E-state index in [9.17, 15) is 5.26 Å². The summed E-state index contributed by atoms with van der Waals surface area (Å²) in [6.45, 7) is 4.00. The summed E-state index contributed by atoms with van der Waals surface area (Å²) in [6.07, 6.45) is 1.86. The molecule has 0 saturated carbocycles. The van der Waals surface area contributed by atoms with Crippen LogP contribution in [0.3, 0.4) is 0 Å². The van der Waals surface area contributed by atoms with Gasteiger partial charge in [-0.25, -0.2) is 4.98 Å². The number of pyridine rings is 1. The Balaban J connectivity index is 1.91. The number of aromatic nitrogens is 1.